The van der Waals surface area contributed by atoms with Crippen LogP contribution in [0.5, 0.6) is 0 Å². The number of aromatic nitrogens is 4. The number of aromatic amines is 2. The Balaban J connectivity index is 0.00000320. The Labute approximate surface area is 184 Å². The molecule has 0 radical (unpaired) electrons. The number of halogens is 1. The molecule has 30 heavy (non-hydrogen) atoms. The molecule has 168 valence electrons. The van der Waals surface area contributed by atoms with E-state index in [9.17, 15) is 9.59 Å². The Morgan fingerprint density at radius 3 is 2.60 bits per heavy atom. The summed E-state index contributed by atoms with van der Waals surface area (Å²) in [5, 5.41) is 10.3. The van der Waals surface area contributed by atoms with Crippen molar-refractivity contribution in [2.24, 2.45) is 5.92 Å². The maximum Gasteiger partial charge on any atom is 0.276 e. The number of carbonyl (C=O) groups is 1. The quantitative estimate of drug-likeness (QED) is 0.587. The van der Waals surface area contributed by atoms with Crippen molar-refractivity contribution in [2.45, 2.75) is 71.8 Å². The van der Waals surface area contributed by atoms with E-state index in [1.165, 1.54) is 0 Å². The molecule has 0 spiro atoms. The first-order chi connectivity index (χ1) is 13.9. The fourth-order valence-corrected chi connectivity index (χ4v) is 4.27. The van der Waals surface area contributed by atoms with E-state index in [0.717, 1.165) is 44.5 Å². The van der Waals surface area contributed by atoms with Crippen molar-refractivity contribution in [1.82, 2.24) is 30.4 Å². The molecule has 2 atom stereocenters. The second kappa shape index (κ2) is 10.9. The van der Waals surface area contributed by atoms with Gasteiger partial charge >= 0.3 is 0 Å². The van der Waals surface area contributed by atoms with Crippen LogP contribution < -0.4 is 10.9 Å². The number of hydrogen-bond acceptors (Lipinski definition) is 5. The van der Waals surface area contributed by atoms with Crippen LogP contribution in [0.1, 0.15) is 70.8 Å². The second-order valence-corrected chi connectivity index (χ2v) is 8.38. The molecule has 1 amide bonds. The summed E-state index contributed by atoms with van der Waals surface area (Å²) in [6.07, 6.45) is 4.92. The summed E-state index contributed by atoms with van der Waals surface area (Å²) in [7, 11) is 0. The molecule has 0 aromatic carbocycles. The van der Waals surface area contributed by atoms with Crippen molar-refractivity contribution in [2.75, 3.05) is 19.6 Å². The standard InChI is InChI=1S/C21H34N6O2.ClH/c1-5-27(6-2)12-17(28)22-15-10-8-7-9-14(15)11-16-23-19-18(13(3)4)25-26-20(19)21(29)24-16;/h13-15H,5-12H2,1-4H3,(H,22,28)(H,25,26)(H,23,24,29);1H/t14-,15+;/m0./s1. The number of amides is 1. The van der Waals surface area contributed by atoms with Gasteiger partial charge in [-0.25, -0.2) is 4.98 Å². The van der Waals surface area contributed by atoms with E-state index in [1.807, 2.05) is 13.8 Å². The van der Waals surface area contributed by atoms with Gasteiger partial charge in [0.1, 0.15) is 16.9 Å². The molecule has 8 nitrogen and oxygen atoms in total. The van der Waals surface area contributed by atoms with Crippen molar-refractivity contribution in [1.29, 1.82) is 0 Å². The van der Waals surface area contributed by atoms with E-state index in [1.54, 1.807) is 0 Å². The van der Waals surface area contributed by atoms with Crippen LogP contribution in [0.15, 0.2) is 4.79 Å². The van der Waals surface area contributed by atoms with Crippen LogP contribution in [0.25, 0.3) is 11.0 Å². The maximum atomic E-state index is 12.5. The number of carbonyl (C=O) groups excluding carboxylic acids is 1. The molecular formula is C21H35ClN6O2. The lowest BCUT2D eigenvalue weighted by molar-refractivity contribution is -0.123. The van der Waals surface area contributed by atoms with Crippen LogP contribution in [0.4, 0.5) is 0 Å². The summed E-state index contributed by atoms with van der Waals surface area (Å²) >= 11 is 0. The zero-order valence-electron chi connectivity index (χ0n) is 18.5. The Bertz CT molecular complexity index is 889. The SMILES string of the molecule is CCN(CC)CC(=O)N[C@@H]1CCCC[C@H]1Cc1nc2c(C(C)C)n[nH]c2c(=O)[nH]1.Cl. The van der Waals surface area contributed by atoms with Gasteiger partial charge in [-0.3, -0.25) is 19.6 Å². The fraction of sp³-hybridized carbons (Fsp3) is 0.714. The van der Waals surface area contributed by atoms with E-state index >= 15 is 0 Å². The normalized spacial score (nSPS) is 19.3. The van der Waals surface area contributed by atoms with Crippen molar-refractivity contribution < 1.29 is 4.79 Å². The lowest BCUT2D eigenvalue weighted by atomic mass is 9.82. The molecule has 3 rings (SSSR count). The van der Waals surface area contributed by atoms with Gasteiger partial charge in [-0.2, -0.15) is 5.10 Å². The molecule has 2 heterocycles. The van der Waals surface area contributed by atoms with Crippen molar-refractivity contribution in [3.05, 3.63) is 21.9 Å². The maximum absolute atomic E-state index is 12.5. The number of fused-ring (bicyclic) bond motifs is 1. The third kappa shape index (κ3) is 5.60. The van der Waals surface area contributed by atoms with Crippen LogP contribution in [-0.4, -0.2) is 56.6 Å². The first kappa shape index (κ1) is 24.3. The lowest BCUT2D eigenvalue weighted by Crippen LogP contribution is -2.47. The minimum absolute atomic E-state index is 0. The largest absolute Gasteiger partial charge is 0.352 e. The number of nitrogens with zero attached hydrogens (tertiary/aromatic N) is 3. The average Bonchev–Trinajstić information content (AvgIpc) is 3.12. The first-order valence-electron chi connectivity index (χ1n) is 10.9. The number of H-pyrrole nitrogens is 2. The van der Waals surface area contributed by atoms with Crippen LogP contribution in [0, 0.1) is 5.92 Å². The predicted molar refractivity (Wildman–Crippen MR) is 121 cm³/mol. The molecule has 0 saturated heterocycles. The minimum atomic E-state index is -0.178. The van der Waals surface area contributed by atoms with E-state index in [-0.39, 0.29) is 41.8 Å². The lowest BCUT2D eigenvalue weighted by Gasteiger charge is -2.32. The Morgan fingerprint density at radius 1 is 1.23 bits per heavy atom. The molecule has 1 fully saturated rings. The van der Waals surface area contributed by atoms with Gasteiger partial charge in [-0.15, -0.1) is 12.4 Å². The van der Waals surface area contributed by atoms with Gasteiger partial charge in [-0.1, -0.05) is 40.5 Å². The zero-order chi connectivity index (χ0) is 21.0. The number of likely N-dealkylation sites (N-methyl/N-ethyl adjacent to an activating group) is 1. The van der Waals surface area contributed by atoms with Gasteiger partial charge in [0.05, 0.1) is 12.2 Å². The van der Waals surface area contributed by atoms with Gasteiger partial charge in [0.25, 0.3) is 5.56 Å². The van der Waals surface area contributed by atoms with E-state index in [0.29, 0.717) is 29.8 Å². The van der Waals surface area contributed by atoms with Crippen molar-refractivity contribution in [3.63, 3.8) is 0 Å². The highest BCUT2D eigenvalue weighted by Gasteiger charge is 2.28. The topological polar surface area (TPSA) is 107 Å². The van der Waals surface area contributed by atoms with Crippen LogP contribution in [0.2, 0.25) is 0 Å². The summed E-state index contributed by atoms with van der Waals surface area (Å²) in [6, 6.07) is 0.127. The van der Waals surface area contributed by atoms with E-state index in [4.69, 9.17) is 4.98 Å². The molecule has 2 aromatic heterocycles. The Morgan fingerprint density at radius 2 is 1.93 bits per heavy atom. The molecule has 0 bridgehead atoms. The van der Waals surface area contributed by atoms with Gasteiger partial charge in [-0.05, 0) is 37.8 Å². The molecule has 0 aliphatic heterocycles. The number of hydrogen-bond donors (Lipinski definition) is 3. The second-order valence-electron chi connectivity index (χ2n) is 8.38. The van der Waals surface area contributed by atoms with Gasteiger partial charge in [0, 0.05) is 12.5 Å². The summed E-state index contributed by atoms with van der Waals surface area (Å²) in [6.45, 7) is 10.4. The third-order valence-electron chi connectivity index (χ3n) is 6.02. The highest BCUT2D eigenvalue weighted by Crippen LogP contribution is 2.27. The Kier molecular flexibility index (Phi) is 8.85. The predicted octanol–water partition coefficient (Wildman–Crippen LogP) is 2.75. The van der Waals surface area contributed by atoms with Crippen molar-refractivity contribution in [3.8, 4) is 0 Å². The van der Waals surface area contributed by atoms with Gasteiger partial charge in [0.2, 0.25) is 5.91 Å². The molecule has 2 aromatic rings. The fourth-order valence-electron chi connectivity index (χ4n) is 4.27. The molecular weight excluding hydrogens is 404 g/mol. The number of rotatable bonds is 8. The summed E-state index contributed by atoms with van der Waals surface area (Å²) < 4.78 is 0. The van der Waals surface area contributed by atoms with Crippen LogP contribution in [-0.2, 0) is 11.2 Å². The van der Waals surface area contributed by atoms with E-state index < -0.39 is 0 Å². The molecule has 1 saturated carbocycles. The molecule has 9 heteroatoms. The highest BCUT2D eigenvalue weighted by atomic mass is 35.5. The van der Waals surface area contributed by atoms with Crippen LogP contribution in [0.3, 0.4) is 0 Å². The van der Waals surface area contributed by atoms with Gasteiger partial charge in [0.15, 0.2) is 0 Å². The van der Waals surface area contributed by atoms with E-state index in [2.05, 4.69) is 39.2 Å². The third-order valence-corrected chi connectivity index (χ3v) is 6.02. The molecule has 1 aliphatic rings. The zero-order valence-corrected chi connectivity index (χ0v) is 19.3. The summed E-state index contributed by atoms with van der Waals surface area (Å²) in [5.41, 5.74) is 1.74. The molecule has 3 N–H and O–H groups in total. The summed E-state index contributed by atoms with van der Waals surface area (Å²) in [5.74, 6) is 1.23. The summed E-state index contributed by atoms with van der Waals surface area (Å²) in [4.78, 5) is 34.8. The Hall–Kier alpha value is -1.93. The van der Waals surface area contributed by atoms with Crippen molar-refractivity contribution >= 4 is 29.3 Å². The average molecular weight is 439 g/mol. The minimum Gasteiger partial charge on any atom is -0.352 e. The first-order valence-corrected chi connectivity index (χ1v) is 10.9. The number of nitrogens with one attached hydrogen (secondary N) is 3. The highest BCUT2D eigenvalue weighted by molar-refractivity contribution is 5.85. The van der Waals surface area contributed by atoms with Crippen LogP contribution >= 0.6 is 12.4 Å². The molecule has 0 unspecified atom stereocenters. The smallest absolute Gasteiger partial charge is 0.276 e. The van der Waals surface area contributed by atoms with Gasteiger partial charge < -0.3 is 10.3 Å². The monoisotopic (exact) mass is 438 g/mol. The molecule has 1 aliphatic carbocycles.